The predicted octanol–water partition coefficient (Wildman–Crippen LogP) is 5.40. The molecule has 0 bridgehead atoms. The lowest BCUT2D eigenvalue weighted by Gasteiger charge is -2.29. The molecular formula is C38H46N6O7. The molecule has 0 unspecified atom stereocenters. The Kier molecular flexibility index (Phi) is 11.6. The average molecular weight is 699 g/mol. The number of imidazole rings is 1. The van der Waals surface area contributed by atoms with Gasteiger partial charge in [-0.25, -0.2) is 19.4 Å². The first-order valence-electron chi connectivity index (χ1n) is 17.3. The monoisotopic (exact) mass is 698 g/mol. The third-order valence-electron chi connectivity index (χ3n) is 8.84. The summed E-state index contributed by atoms with van der Waals surface area (Å²) in [6.07, 6.45) is 2.57. The maximum absolute atomic E-state index is 13.7. The molecule has 0 radical (unpaired) electrons. The van der Waals surface area contributed by atoms with Crippen molar-refractivity contribution in [2.24, 2.45) is 11.8 Å². The zero-order valence-electron chi connectivity index (χ0n) is 29.7. The van der Waals surface area contributed by atoms with Gasteiger partial charge in [-0.2, -0.15) is 0 Å². The van der Waals surface area contributed by atoms with E-state index in [4.69, 9.17) is 9.47 Å². The van der Waals surface area contributed by atoms with Gasteiger partial charge in [0.1, 0.15) is 17.3 Å². The highest BCUT2D eigenvalue weighted by Gasteiger charge is 2.30. The highest BCUT2D eigenvalue weighted by Crippen LogP contribution is 2.29. The predicted molar refractivity (Wildman–Crippen MR) is 193 cm³/mol. The maximum atomic E-state index is 13.7. The number of carbonyl (C=O) groups excluding carboxylic acids is 4. The van der Waals surface area contributed by atoms with Gasteiger partial charge in [0, 0.05) is 35.8 Å². The number of rotatable bonds is 11. The van der Waals surface area contributed by atoms with Gasteiger partial charge in [0.25, 0.3) is 0 Å². The summed E-state index contributed by atoms with van der Waals surface area (Å²) >= 11 is 0. The number of ether oxygens (including phenoxy) is 2. The van der Waals surface area contributed by atoms with Crippen LogP contribution in [-0.4, -0.2) is 63.6 Å². The Labute approximate surface area is 296 Å². The van der Waals surface area contributed by atoms with E-state index < -0.39 is 29.6 Å². The van der Waals surface area contributed by atoms with Gasteiger partial charge in [0.15, 0.2) is 0 Å². The number of hydrogen-bond donors (Lipinski definition) is 5. The van der Waals surface area contributed by atoms with Crippen molar-refractivity contribution < 1.29 is 28.7 Å². The van der Waals surface area contributed by atoms with Crippen LogP contribution in [0.2, 0.25) is 0 Å². The second-order valence-corrected chi connectivity index (χ2v) is 13.9. The van der Waals surface area contributed by atoms with Crippen LogP contribution in [0.4, 0.5) is 10.5 Å². The fourth-order valence-corrected chi connectivity index (χ4v) is 6.25. The molecule has 1 atom stereocenters. The molecule has 5 rings (SSSR count). The fourth-order valence-electron chi connectivity index (χ4n) is 6.25. The topological polar surface area (TPSA) is 184 Å². The Bertz CT molecular complexity index is 1930. The van der Waals surface area contributed by atoms with Crippen LogP contribution in [0.15, 0.2) is 59.4 Å². The first-order chi connectivity index (χ1) is 24.3. The number of aromatic amines is 2. The average Bonchev–Trinajstić information content (AvgIpc) is 3.46. The largest absolute Gasteiger partial charge is 0.461 e. The molecule has 13 nitrogen and oxygen atoms in total. The van der Waals surface area contributed by atoms with Crippen LogP contribution in [0.1, 0.15) is 75.1 Å². The van der Waals surface area contributed by atoms with Gasteiger partial charge in [-0.1, -0.05) is 30.3 Å². The highest BCUT2D eigenvalue weighted by atomic mass is 16.6. The number of benzene rings is 2. The second-order valence-electron chi connectivity index (χ2n) is 13.9. The number of nitrogens with one attached hydrogen (secondary N) is 5. The van der Waals surface area contributed by atoms with E-state index in [0.29, 0.717) is 41.8 Å². The van der Waals surface area contributed by atoms with Gasteiger partial charge in [-0.3, -0.25) is 9.59 Å². The van der Waals surface area contributed by atoms with Crippen LogP contribution >= 0.6 is 0 Å². The van der Waals surface area contributed by atoms with Gasteiger partial charge >= 0.3 is 17.8 Å². The number of alkyl carbamates (subject to hydrolysis) is 1. The van der Waals surface area contributed by atoms with Gasteiger partial charge in [-0.15, -0.1) is 0 Å². The van der Waals surface area contributed by atoms with Gasteiger partial charge in [0.2, 0.25) is 11.8 Å². The molecule has 13 heteroatoms. The number of esters is 1. The standard InChI is InChI=1S/C38H46N6O7/c1-6-50-35(47)30-18-16-28(22(2)40-30)25-11-7-23(8-12-25)19-32(34(46)41-27-15-17-29-31(20-27)44-36(48)43-29)42-33(45)26-13-9-24(10-14-26)21-39-37(49)51-38(3,4)5/h7-8,11-12,15-18,20,24,26,32H,6,9-10,13-14,19,21H2,1-5H3,(H,39,49)(H,41,46)(H,42,45)(H2,43,44,48)/t24?,26?,32-/m0/s1. The van der Waals surface area contributed by atoms with Crippen molar-refractivity contribution in [3.63, 3.8) is 0 Å². The van der Waals surface area contributed by atoms with Crippen molar-refractivity contribution in [3.8, 4) is 11.1 Å². The van der Waals surface area contributed by atoms with E-state index in [2.05, 4.69) is 30.9 Å². The molecule has 1 aliphatic rings. The number of fused-ring (bicyclic) bond motifs is 1. The van der Waals surface area contributed by atoms with Crippen molar-refractivity contribution in [1.82, 2.24) is 25.6 Å². The number of aromatic nitrogens is 3. The lowest BCUT2D eigenvalue weighted by atomic mass is 9.81. The molecule has 2 heterocycles. The summed E-state index contributed by atoms with van der Waals surface area (Å²) in [4.78, 5) is 73.1. The normalized spacial score (nSPS) is 16.6. The molecule has 0 saturated heterocycles. The van der Waals surface area contributed by atoms with Gasteiger partial charge in [0.05, 0.1) is 17.6 Å². The number of anilines is 1. The van der Waals surface area contributed by atoms with Crippen LogP contribution in [0.3, 0.4) is 0 Å². The van der Waals surface area contributed by atoms with Crippen molar-refractivity contribution in [1.29, 1.82) is 0 Å². The van der Waals surface area contributed by atoms with E-state index in [1.54, 1.807) is 31.2 Å². The summed E-state index contributed by atoms with van der Waals surface area (Å²) in [5, 5.41) is 8.75. The van der Waals surface area contributed by atoms with Gasteiger partial charge in [-0.05, 0) is 102 Å². The van der Waals surface area contributed by atoms with Crippen LogP contribution in [-0.2, 0) is 25.5 Å². The number of amides is 3. The lowest BCUT2D eigenvalue weighted by Crippen LogP contribution is -2.48. The van der Waals surface area contributed by atoms with Crippen molar-refractivity contribution in [3.05, 3.63) is 82.0 Å². The number of aryl methyl sites for hydroxylation is 1. The molecule has 1 fully saturated rings. The van der Waals surface area contributed by atoms with Crippen molar-refractivity contribution >= 4 is 40.6 Å². The fraction of sp³-hybridized carbons (Fsp3) is 0.421. The Morgan fingerprint density at radius 1 is 0.941 bits per heavy atom. The number of hydrogen-bond acceptors (Lipinski definition) is 8. The summed E-state index contributed by atoms with van der Waals surface area (Å²) in [6, 6.07) is 15.3. The van der Waals surface area contributed by atoms with Crippen LogP contribution in [0.25, 0.3) is 22.2 Å². The molecule has 0 aliphatic heterocycles. The molecular weight excluding hydrogens is 652 g/mol. The van der Waals surface area contributed by atoms with E-state index in [0.717, 1.165) is 29.5 Å². The maximum Gasteiger partial charge on any atom is 0.407 e. The van der Waals surface area contributed by atoms with E-state index in [9.17, 15) is 24.0 Å². The molecule has 1 saturated carbocycles. The Hall–Kier alpha value is -5.46. The summed E-state index contributed by atoms with van der Waals surface area (Å²) in [7, 11) is 0. The number of pyridine rings is 1. The second kappa shape index (κ2) is 16.0. The molecule has 1 aliphatic carbocycles. The minimum Gasteiger partial charge on any atom is -0.461 e. The van der Waals surface area contributed by atoms with E-state index >= 15 is 0 Å². The first-order valence-corrected chi connectivity index (χ1v) is 17.3. The molecule has 3 amide bonds. The summed E-state index contributed by atoms with van der Waals surface area (Å²) in [5.41, 5.74) is 4.20. The smallest absolute Gasteiger partial charge is 0.407 e. The van der Waals surface area contributed by atoms with Crippen LogP contribution in [0, 0.1) is 18.8 Å². The highest BCUT2D eigenvalue weighted by molar-refractivity contribution is 5.99. The number of nitrogens with zero attached hydrogens (tertiary/aromatic N) is 1. The quantitative estimate of drug-likeness (QED) is 0.129. The molecule has 5 N–H and O–H groups in total. The van der Waals surface area contributed by atoms with Crippen LogP contribution < -0.4 is 21.6 Å². The molecule has 2 aromatic heterocycles. The summed E-state index contributed by atoms with van der Waals surface area (Å²) in [5.74, 6) is -1.10. The van der Waals surface area contributed by atoms with E-state index in [-0.39, 0.29) is 42.2 Å². The molecule has 2 aromatic carbocycles. The summed E-state index contributed by atoms with van der Waals surface area (Å²) < 4.78 is 10.4. The molecule has 51 heavy (non-hydrogen) atoms. The van der Waals surface area contributed by atoms with E-state index in [1.807, 2.05) is 58.0 Å². The third kappa shape index (κ3) is 10.1. The number of H-pyrrole nitrogens is 2. The van der Waals surface area contributed by atoms with Gasteiger partial charge < -0.3 is 35.4 Å². The Morgan fingerprint density at radius 3 is 2.31 bits per heavy atom. The third-order valence-corrected chi connectivity index (χ3v) is 8.84. The van der Waals surface area contributed by atoms with Crippen LogP contribution in [0.5, 0.6) is 0 Å². The minimum absolute atomic E-state index is 0.195. The lowest BCUT2D eigenvalue weighted by molar-refractivity contribution is -0.130. The first kappa shape index (κ1) is 36.8. The van der Waals surface area contributed by atoms with Crippen molar-refractivity contribution in [2.75, 3.05) is 18.5 Å². The Balaban J connectivity index is 1.26. The van der Waals surface area contributed by atoms with E-state index in [1.165, 1.54) is 0 Å². The molecule has 0 spiro atoms. The SMILES string of the molecule is CCOC(=O)c1ccc(-c2ccc(C[C@H](NC(=O)C3CCC(CNC(=O)OC(C)(C)C)CC3)C(=O)Nc3ccc4[nH]c(=O)[nH]c4c3)cc2)c(C)n1. The zero-order chi connectivity index (χ0) is 36.7. The summed E-state index contributed by atoms with van der Waals surface area (Å²) in [6.45, 7) is 9.76. The molecule has 4 aromatic rings. The Morgan fingerprint density at radius 2 is 1.65 bits per heavy atom. The zero-order valence-corrected chi connectivity index (χ0v) is 29.7. The minimum atomic E-state index is -0.886. The number of carbonyl (C=O) groups is 4. The molecule has 270 valence electrons. The van der Waals surface area contributed by atoms with Crippen molar-refractivity contribution in [2.45, 2.75) is 78.4 Å².